The number of amides is 1. The van der Waals surface area contributed by atoms with Gasteiger partial charge in [0.25, 0.3) is 0 Å². The molecule has 0 saturated heterocycles. The van der Waals surface area contributed by atoms with Gasteiger partial charge < -0.3 is 5.32 Å². The first kappa shape index (κ1) is 21.0. The molecule has 0 aliphatic heterocycles. The van der Waals surface area contributed by atoms with E-state index in [1.54, 1.807) is 0 Å². The van der Waals surface area contributed by atoms with Gasteiger partial charge in [-0.25, -0.2) is 0 Å². The number of hydrogen-bond acceptors (Lipinski definition) is 3. The van der Waals surface area contributed by atoms with Gasteiger partial charge in [-0.1, -0.05) is 75.8 Å². The normalized spacial score (nSPS) is 20.1. The third-order valence-corrected chi connectivity index (χ3v) is 6.49. The number of carbonyl (C=O) groups is 2. The minimum Gasteiger partial charge on any atom is -0.352 e. The largest absolute Gasteiger partial charge is 0.352 e. The highest BCUT2D eigenvalue weighted by molar-refractivity contribution is 6.00. The van der Waals surface area contributed by atoms with Gasteiger partial charge in [0, 0.05) is 17.6 Å². The quantitative estimate of drug-likeness (QED) is 0.659. The molecule has 1 aromatic rings. The molecule has 2 aliphatic rings. The van der Waals surface area contributed by atoms with Crippen molar-refractivity contribution in [2.75, 3.05) is 6.54 Å². The third-order valence-electron chi connectivity index (χ3n) is 6.49. The first-order chi connectivity index (χ1) is 13.7. The summed E-state index contributed by atoms with van der Waals surface area (Å²) >= 11 is 0. The molecule has 2 fully saturated rings. The number of Topliss-reactive ketones (excluding diaryl/α,β-unsaturated/α-hetero) is 1. The van der Waals surface area contributed by atoms with Gasteiger partial charge >= 0.3 is 0 Å². The second-order valence-electron chi connectivity index (χ2n) is 8.52. The van der Waals surface area contributed by atoms with Crippen molar-refractivity contribution in [2.24, 2.45) is 0 Å². The molecule has 1 amide bonds. The monoisotopic (exact) mass is 384 g/mol. The van der Waals surface area contributed by atoms with Crippen molar-refractivity contribution in [2.45, 2.75) is 95.7 Å². The van der Waals surface area contributed by atoms with E-state index in [4.69, 9.17) is 0 Å². The summed E-state index contributed by atoms with van der Waals surface area (Å²) in [5.41, 5.74) is 0.753. The van der Waals surface area contributed by atoms with Crippen LogP contribution in [0, 0.1) is 0 Å². The molecule has 0 radical (unpaired) electrons. The summed E-state index contributed by atoms with van der Waals surface area (Å²) < 4.78 is 0. The number of rotatable bonds is 8. The summed E-state index contributed by atoms with van der Waals surface area (Å²) in [6.45, 7) is 2.42. The van der Waals surface area contributed by atoms with Crippen LogP contribution in [0.4, 0.5) is 0 Å². The van der Waals surface area contributed by atoms with Crippen LogP contribution in [0.1, 0.15) is 87.9 Å². The van der Waals surface area contributed by atoms with E-state index < -0.39 is 0 Å². The predicted molar refractivity (Wildman–Crippen MR) is 113 cm³/mol. The predicted octanol–water partition coefficient (Wildman–Crippen LogP) is 4.73. The van der Waals surface area contributed by atoms with E-state index in [-0.39, 0.29) is 17.7 Å². The molecule has 1 N–H and O–H groups in total. The Morgan fingerprint density at radius 2 is 1.57 bits per heavy atom. The minimum absolute atomic E-state index is 0.0942. The fraction of sp³-hybridized carbons (Fsp3) is 0.667. The standard InChI is InChI=1S/C24H36N2O2/c1-2-22(24(28)19-12-6-3-7-13-19)26(21-16-10-5-11-17-21)18-23(27)25-20-14-8-4-9-15-20/h3,6-7,12-13,20-22H,2,4-5,8-11,14-18H2,1H3,(H,25,27). The smallest absolute Gasteiger partial charge is 0.234 e. The SMILES string of the molecule is CCC(C(=O)c1ccccc1)N(CC(=O)NC1CCCCC1)C1CCCCC1. The first-order valence-corrected chi connectivity index (χ1v) is 11.3. The van der Waals surface area contributed by atoms with Gasteiger partial charge in [-0.15, -0.1) is 0 Å². The van der Waals surface area contributed by atoms with E-state index in [1.807, 2.05) is 30.3 Å². The highest BCUT2D eigenvalue weighted by atomic mass is 16.2. The zero-order valence-corrected chi connectivity index (χ0v) is 17.4. The lowest BCUT2D eigenvalue weighted by Gasteiger charge is -2.39. The summed E-state index contributed by atoms with van der Waals surface area (Å²) in [7, 11) is 0. The third kappa shape index (κ3) is 5.66. The maximum atomic E-state index is 13.3. The van der Waals surface area contributed by atoms with E-state index in [1.165, 1.54) is 38.5 Å². The van der Waals surface area contributed by atoms with E-state index in [9.17, 15) is 9.59 Å². The van der Waals surface area contributed by atoms with Gasteiger partial charge in [0.2, 0.25) is 5.91 Å². The summed E-state index contributed by atoms with van der Waals surface area (Å²) in [6.07, 6.45) is 12.5. The van der Waals surface area contributed by atoms with E-state index in [2.05, 4.69) is 17.1 Å². The number of nitrogens with zero attached hydrogens (tertiary/aromatic N) is 1. The van der Waals surface area contributed by atoms with Gasteiger partial charge in [0.1, 0.15) is 0 Å². The second kappa shape index (κ2) is 10.8. The van der Waals surface area contributed by atoms with Crippen molar-refractivity contribution in [3.05, 3.63) is 35.9 Å². The summed E-state index contributed by atoms with van der Waals surface area (Å²) in [4.78, 5) is 28.4. The van der Waals surface area contributed by atoms with Crippen LogP contribution < -0.4 is 5.32 Å². The summed E-state index contributed by atoms with van der Waals surface area (Å²) in [5, 5.41) is 3.25. The molecule has 0 bridgehead atoms. The molecule has 4 nitrogen and oxygen atoms in total. The van der Waals surface area contributed by atoms with Crippen LogP contribution in [0.25, 0.3) is 0 Å². The lowest BCUT2D eigenvalue weighted by molar-refractivity contribution is -0.124. The van der Waals surface area contributed by atoms with Crippen molar-refractivity contribution in [1.82, 2.24) is 10.2 Å². The minimum atomic E-state index is -0.220. The van der Waals surface area contributed by atoms with Gasteiger partial charge in [-0.05, 0) is 32.1 Å². The van der Waals surface area contributed by atoms with Crippen molar-refractivity contribution in [1.29, 1.82) is 0 Å². The average Bonchev–Trinajstić information content (AvgIpc) is 2.75. The number of benzene rings is 1. The molecule has 0 aromatic heterocycles. The number of hydrogen-bond donors (Lipinski definition) is 1. The Labute approximate surface area is 170 Å². The molecule has 1 unspecified atom stereocenters. The van der Waals surface area contributed by atoms with Crippen LogP contribution in [-0.4, -0.2) is 41.3 Å². The molecule has 0 spiro atoms. The van der Waals surface area contributed by atoms with Crippen LogP contribution in [-0.2, 0) is 4.79 Å². The molecule has 2 aliphatic carbocycles. The molecule has 1 atom stereocenters. The van der Waals surface area contributed by atoms with Crippen molar-refractivity contribution >= 4 is 11.7 Å². The molecule has 28 heavy (non-hydrogen) atoms. The average molecular weight is 385 g/mol. The lowest BCUT2D eigenvalue weighted by Crippen LogP contribution is -2.53. The van der Waals surface area contributed by atoms with Crippen LogP contribution in [0.2, 0.25) is 0 Å². The number of ketones is 1. The zero-order valence-electron chi connectivity index (χ0n) is 17.4. The van der Waals surface area contributed by atoms with E-state index in [0.29, 0.717) is 18.6 Å². The van der Waals surface area contributed by atoms with Crippen LogP contribution in [0.5, 0.6) is 0 Å². The van der Waals surface area contributed by atoms with Gasteiger partial charge in [0.15, 0.2) is 5.78 Å². The molecule has 3 rings (SSSR count). The number of nitrogens with one attached hydrogen (secondary N) is 1. The Balaban J connectivity index is 1.72. The Morgan fingerprint density at radius 1 is 0.964 bits per heavy atom. The molecule has 4 heteroatoms. The van der Waals surface area contributed by atoms with E-state index >= 15 is 0 Å². The van der Waals surface area contributed by atoms with Gasteiger partial charge in [0.05, 0.1) is 12.6 Å². The Morgan fingerprint density at radius 3 is 2.18 bits per heavy atom. The van der Waals surface area contributed by atoms with Gasteiger partial charge in [-0.2, -0.15) is 0 Å². The first-order valence-electron chi connectivity index (χ1n) is 11.3. The molecular formula is C24H36N2O2. The molecule has 2 saturated carbocycles. The summed E-state index contributed by atoms with van der Waals surface area (Å²) in [5.74, 6) is 0.246. The second-order valence-corrected chi connectivity index (χ2v) is 8.52. The van der Waals surface area contributed by atoms with Crippen LogP contribution in [0.3, 0.4) is 0 Å². The zero-order chi connectivity index (χ0) is 19.8. The Bertz CT molecular complexity index is 619. The molecule has 1 aromatic carbocycles. The fourth-order valence-electron chi connectivity index (χ4n) is 4.96. The van der Waals surface area contributed by atoms with Crippen molar-refractivity contribution in [3.63, 3.8) is 0 Å². The van der Waals surface area contributed by atoms with Crippen molar-refractivity contribution in [3.8, 4) is 0 Å². The highest BCUT2D eigenvalue weighted by Crippen LogP contribution is 2.26. The number of carbonyl (C=O) groups excluding carboxylic acids is 2. The van der Waals surface area contributed by atoms with Crippen molar-refractivity contribution < 1.29 is 9.59 Å². The highest BCUT2D eigenvalue weighted by Gasteiger charge is 2.33. The van der Waals surface area contributed by atoms with E-state index in [0.717, 1.165) is 37.7 Å². The lowest BCUT2D eigenvalue weighted by atomic mass is 9.90. The van der Waals surface area contributed by atoms with Gasteiger partial charge in [-0.3, -0.25) is 14.5 Å². The Kier molecular flexibility index (Phi) is 8.08. The molecular weight excluding hydrogens is 348 g/mol. The molecule has 0 heterocycles. The Hall–Kier alpha value is -1.68. The van der Waals surface area contributed by atoms with Crippen LogP contribution >= 0.6 is 0 Å². The maximum absolute atomic E-state index is 13.3. The molecule has 154 valence electrons. The maximum Gasteiger partial charge on any atom is 0.234 e. The van der Waals surface area contributed by atoms with Crippen LogP contribution in [0.15, 0.2) is 30.3 Å². The summed E-state index contributed by atoms with van der Waals surface area (Å²) in [6, 6.07) is 10.00. The fourth-order valence-corrected chi connectivity index (χ4v) is 4.96. The topological polar surface area (TPSA) is 49.4 Å².